The zero-order valence-electron chi connectivity index (χ0n) is 17.4. The summed E-state index contributed by atoms with van der Waals surface area (Å²) in [5.41, 5.74) is -2.86. The summed E-state index contributed by atoms with van der Waals surface area (Å²) < 4.78 is 86.1. The second-order valence-electron chi connectivity index (χ2n) is 7.39. The third kappa shape index (κ3) is 6.32. The molecule has 5 nitrogen and oxygen atoms in total. The highest BCUT2D eigenvalue weighted by Gasteiger charge is 2.37. The van der Waals surface area contributed by atoms with Gasteiger partial charge in [-0.1, -0.05) is 6.07 Å². The molecular weight excluding hydrogens is 472 g/mol. The van der Waals surface area contributed by atoms with Crippen LogP contribution in [0.2, 0.25) is 0 Å². The van der Waals surface area contributed by atoms with E-state index in [-0.39, 0.29) is 28.9 Å². The van der Waals surface area contributed by atoms with E-state index in [1.165, 1.54) is 12.3 Å². The number of nitrogens with zero attached hydrogens (tertiary/aromatic N) is 1. The van der Waals surface area contributed by atoms with Crippen LogP contribution in [0.25, 0.3) is 0 Å². The third-order valence-corrected chi connectivity index (χ3v) is 5.98. The molecule has 0 saturated carbocycles. The van der Waals surface area contributed by atoms with Crippen molar-refractivity contribution in [1.82, 2.24) is 10.3 Å². The van der Waals surface area contributed by atoms with Crippen LogP contribution in [-0.4, -0.2) is 36.9 Å². The first-order valence-corrected chi connectivity index (χ1v) is 11.2. The van der Waals surface area contributed by atoms with Crippen molar-refractivity contribution in [3.05, 3.63) is 47.2 Å². The molecule has 0 unspecified atom stereocenters. The third-order valence-electron chi connectivity index (χ3n) is 5.13. The standard InChI is InChI=1S/C21H21F6N3O2S/c1-33-18-14(20(22,23)24)3-2-4-16(18)30-17-9-15(21(25,26)27)13(11-28-17)19(31)29-10-12-5-7-32-8-6-12/h2-4,9,11-12H,5-8,10H2,1H3,(H,28,30)(H,29,31). The van der Waals surface area contributed by atoms with Gasteiger partial charge in [0.15, 0.2) is 0 Å². The molecule has 0 radical (unpaired) electrons. The molecule has 2 aromatic rings. The second kappa shape index (κ2) is 10.2. The summed E-state index contributed by atoms with van der Waals surface area (Å²) in [5.74, 6) is -1.15. The summed E-state index contributed by atoms with van der Waals surface area (Å²) in [6.07, 6.45) is -5.91. The number of alkyl halides is 6. The molecule has 0 bridgehead atoms. The molecule has 1 aromatic carbocycles. The Bertz CT molecular complexity index is 991. The fourth-order valence-corrected chi connectivity index (χ4v) is 4.18. The molecule has 2 heterocycles. The maximum Gasteiger partial charge on any atom is 0.417 e. The maximum absolute atomic E-state index is 13.7. The van der Waals surface area contributed by atoms with Crippen molar-refractivity contribution in [2.24, 2.45) is 5.92 Å². The Kier molecular flexibility index (Phi) is 7.78. The van der Waals surface area contributed by atoms with Gasteiger partial charge in [-0.3, -0.25) is 4.79 Å². The summed E-state index contributed by atoms with van der Waals surface area (Å²) in [6, 6.07) is 3.96. The fraction of sp³-hybridized carbons (Fsp3) is 0.429. The van der Waals surface area contributed by atoms with Gasteiger partial charge in [0.05, 0.1) is 22.4 Å². The molecule has 1 aromatic heterocycles. The molecular formula is C21H21F6N3O2S. The molecule has 1 aliphatic rings. The summed E-state index contributed by atoms with van der Waals surface area (Å²) in [4.78, 5) is 16.1. The zero-order valence-corrected chi connectivity index (χ0v) is 18.3. The van der Waals surface area contributed by atoms with Gasteiger partial charge in [-0.2, -0.15) is 26.3 Å². The van der Waals surface area contributed by atoms with Gasteiger partial charge in [-0.15, -0.1) is 11.8 Å². The molecule has 0 spiro atoms. The number of amides is 1. The number of halogens is 6. The van der Waals surface area contributed by atoms with E-state index in [1.54, 1.807) is 0 Å². The number of hydrogen-bond acceptors (Lipinski definition) is 5. The lowest BCUT2D eigenvalue weighted by atomic mass is 10.00. The normalized spacial score (nSPS) is 15.4. The van der Waals surface area contributed by atoms with Gasteiger partial charge < -0.3 is 15.4 Å². The Labute approximate surface area is 190 Å². The molecule has 1 saturated heterocycles. The van der Waals surface area contributed by atoms with Crippen LogP contribution in [0.1, 0.15) is 34.3 Å². The molecule has 1 amide bonds. The Morgan fingerprint density at radius 3 is 2.39 bits per heavy atom. The first-order chi connectivity index (χ1) is 15.5. The number of carbonyl (C=O) groups excluding carboxylic acids is 1. The lowest BCUT2D eigenvalue weighted by Gasteiger charge is -2.22. The van der Waals surface area contributed by atoms with Crippen LogP contribution in [0.4, 0.5) is 37.8 Å². The van der Waals surface area contributed by atoms with Gasteiger partial charge in [0.2, 0.25) is 0 Å². The van der Waals surface area contributed by atoms with Crippen molar-refractivity contribution < 1.29 is 35.9 Å². The predicted molar refractivity (Wildman–Crippen MR) is 112 cm³/mol. The van der Waals surface area contributed by atoms with Gasteiger partial charge in [0.25, 0.3) is 5.91 Å². The van der Waals surface area contributed by atoms with Gasteiger partial charge in [0.1, 0.15) is 5.82 Å². The summed E-state index contributed by atoms with van der Waals surface area (Å²) in [7, 11) is 0. The van der Waals surface area contributed by atoms with Crippen LogP contribution in [0.15, 0.2) is 35.4 Å². The van der Waals surface area contributed by atoms with E-state index < -0.39 is 35.0 Å². The van der Waals surface area contributed by atoms with Crippen molar-refractivity contribution in [2.45, 2.75) is 30.1 Å². The molecule has 0 atom stereocenters. The monoisotopic (exact) mass is 493 g/mol. The van der Waals surface area contributed by atoms with Crippen LogP contribution in [-0.2, 0) is 17.1 Å². The first-order valence-electron chi connectivity index (χ1n) is 9.95. The fourth-order valence-electron chi connectivity index (χ4n) is 3.44. The van der Waals surface area contributed by atoms with E-state index in [0.717, 1.165) is 30.1 Å². The number of aromatic nitrogens is 1. The van der Waals surface area contributed by atoms with Gasteiger partial charge in [-0.25, -0.2) is 4.98 Å². The number of benzene rings is 1. The SMILES string of the molecule is CSc1c(Nc2cc(C(F)(F)F)c(C(=O)NCC3CCOCC3)cn2)cccc1C(F)(F)F. The van der Waals surface area contributed by atoms with Crippen LogP contribution in [0.3, 0.4) is 0 Å². The minimum Gasteiger partial charge on any atom is -0.381 e. The maximum atomic E-state index is 13.7. The number of carbonyl (C=O) groups is 1. The molecule has 2 N–H and O–H groups in total. The highest BCUT2D eigenvalue weighted by molar-refractivity contribution is 7.98. The average molecular weight is 493 g/mol. The molecule has 180 valence electrons. The van der Waals surface area contributed by atoms with Gasteiger partial charge in [0, 0.05) is 30.9 Å². The lowest BCUT2D eigenvalue weighted by Crippen LogP contribution is -2.33. The van der Waals surface area contributed by atoms with E-state index in [2.05, 4.69) is 15.6 Å². The zero-order chi connectivity index (χ0) is 24.2. The van der Waals surface area contributed by atoms with Gasteiger partial charge in [-0.05, 0) is 43.2 Å². The molecule has 12 heteroatoms. The quantitative estimate of drug-likeness (QED) is 0.397. The van der Waals surface area contributed by atoms with E-state index in [4.69, 9.17) is 4.74 Å². The van der Waals surface area contributed by atoms with E-state index in [0.29, 0.717) is 32.1 Å². The van der Waals surface area contributed by atoms with Crippen LogP contribution in [0, 0.1) is 5.92 Å². The van der Waals surface area contributed by atoms with E-state index in [9.17, 15) is 31.1 Å². The summed E-state index contributed by atoms with van der Waals surface area (Å²) in [5, 5.41) is 5.03. The van der Waals surface area contributed by atoms with Crippen molar-refractivity contribution in [3.8, 4) is 0 Å². The molecule has 3 rings (SSSR count). The Morgan fingerprint density at radius 2 is 1.79 bits per heavy atom. The smallest absolute Gasteiger partial charge is 0.381 e. The lowest BCUT2D eigenvalue weighted by molar-refractivity contribution is -0.139. The van der Waals surface area contributed by atoms with Crippen LogP contribution in [0.5, 0.6) is 0 Å². The van der Waals surface area contributed by atoms with Crippen molar-refractivity contribution >= 4 is 29.2 Å². The summed E-state index contributed by atoms with van der Waals surface area (Å²) in [6.45, 7) is 1.27. The first kappa shape index (κ1) is 25.2. The number of pyridine rings is 1. The van der Waals surface area contributed by atoms with Gasteiger partial charge >= 0.3 is 12.4 Å². The molecule has 1 aliphatic heterocycles. The number of nitrogens with one attached hydrogen (secondary N) is 2. The van der Waals surface area contributed by atoms with Crippen molar-refractivity contribution in [2.75, 3.05) is 31.3 Å². The number of thioether (sulfide) groups is 1. The predicted octanol–water partition coefficient (Wildman–Crippen LogP) is 5.74. The van der Waals surface area contributed by atoms with E-state index >= 15 is 0 Å². The topological polar surface area (TPSA) is 63.2 Å². The molecule has 0 aliphatic carbocycles. The minimum absolute atomic E-state index is 0.0466. The van der Waals surface area contributed by atoms with E-state index in [1.807, 2.05) is 0 Å². The highest BCUT2D eigenvalue weighted by atomic mass is 32.2. The summed E-state index contributed by atoms with van der Waals surface area (Å²) >= 11 is 0.801. The minimum atomic E-state index is -4.87. The van der Waals surface area contributed by atoms with Crippen LogP contribution < -0.4 is 10.6 Å². The second-order valence-corrected chi connectivity index (χ2v) is 8.20. The van der Waals surface area contributed by atoms with Crippen molar-refractivity contribution in [3.63, 3.8) is 0 Å². The number of ether oxygens (including phenoxy) is 1. The number of anilines is 2. The Morgan fingerprint density at radius 1 is 1.12 bits per heavy atom. The number of hydrogen-bond donors (Lipinski definition) is 2. The van der Waals surface area contributed by atoms with Crippen molar-refractivity contribution in [1.29, 1.82) is 0 Å². The largest absolute Gasteiger partial charge is 0.417 e. The molecule has 1 fully saturated rings. The van der Waals surface area contributed by atoms with Crippen LogP contribution >= 0.6 is 11.8 Å². The highest BCUT2D eigenvalue weighted by Crippen LogP contribution is 2.41. The Hall–Kier alpha value is -2.47. The number of rotatable bonds is 6. The average Bonchev–Trinajstić information content (AvgIpc) is 2.76. The Balaban J connectivity index is 1.86. The molecule has 33 heavy (non-hydrogen) atoms.